The third-order valence-corrected chi connectivity index (χ3v) is 5.06. The number of rotatable bonds is 3. The van der Waals surface area contributed by atoms with Crippen molar-refractivity contribution in [3.05, 3.63) is 35.0 Å². The molecular formula is C22H28N2O5. The number of aromatic carboxylic acids is 1. The highest BCUT2D eigenvalue weighted by Gasteiger charge is 2.26. The Labute approximate surface area is 170 Å². The number of nitrogens with zero attached hydrogens (tertiary/aromatic N) is 2. The Bertz CT molecular complexity index is 971. The van der Waals surface area contributed by atoms with Crippen LogP contribution in [-0.4, -0.2) is 52.4 Å². The number of ether oxygens (including phenoxy) is 2. The summed E-state index contributed by atoms with van der Waals surface area (Å²) in [6, 6.07) is 5.45. The van der Waals surface area contributed by atoms with Crippen molar-refractivity contribution in [1.29, 1.82) is 0 Å². The summed E-state index contributed by atoms with van der Waals surface area (Å²) in [6.07, 6.45) is 3.01. The number of carbonyl (C=O) groups is 2. The summed E-state index contributed by atoms with van der Waals surface area (Å²) in [7, 11) is 3.43. The molecule has 1 aliphatic rings. The molecule has 1 aliphatic heterocycles. The molecule has 0 atom stereocenters. The van der Waals surface area contributed by atoms with Gasteiger partial charge in [-0.2, -0.15) is 0 Å². The summed E-state index contributed by atoms with van der Waals surface area (Å²) in [5.41, 5.74) is 2.35. The molecule has 1 saturated heterocycles. The number of methoxy groups -OCH3 is 1. The largest absolute Gasteiger partial charge is 0.497 e. The average Bonchev–Trinajstić information content (AvgIpc) is 2.92. The summed E-state index contributed by atoms with van der Waals surface area (Å²) in [5.74, 6) is -0.350. The molecule has 0 aliphatic carbocycles. The van der Waals surface area contributed by atoms with E-state index in [-0.39, 0.29) is 11.7 Å². The highest BCUT2D eigenvalue weighted by molar-refractivity contribution is 6.07. The van der Waals surface area contributed by atoms with Gasteiger partial charge in [-0.3, -0.25) is 0 Å². The minimum Gasteiger partial charge on any atom is -0.497 e. The molecule has 7 nitrogen and oxygen atoms in total. The highest BCUT2D eigenvalue weighted by atomic mass is 16.6. The SMILES string of the molecule is COc1ccc2c(c1)c(C(=O)O)c(C=C1CCN(C(=O)OC(C)(C)C)CC1)n2C. The normalized spacial score (nSPS) is 14.8. The van der Waals surface area contributed by atoms with Gasteiger partial charge in [0.25, 0.3) is 0 Å². The molecule has 29 heavy (non-hydrogen) atoms. The molecule has 3 rings (SSSR count). The van der Waals surface area contributed by atoms with E-state index in [0.29, 0.717) is 42.8 Å². The lowest BCUT2D eigenvalue weighted by Crippen LogP contribution is -2.40. The van der Waals surface area contributed by atoms with Crippen molar-refractivity contribution in [2.24, 2.45) is 7.05 Å². The van der Waals surface area contributed by atoms with Crippen LogP contribution in [0.25, 0.3) is 17.0 Å². The van der Waals surface area contributed by atoms with E-state index in [1.807, 2.05) is 50.6 Å². The molecular weight excluding hydrogens is 372 g/mol. The fraction of sp³-hybridized carbons (Fsp3) is 0.455. The van der Waals surface area contributed by atoms with E-state index in [4.69, 9.17) is 9.47 Å². The number of carboxylic acids is 1. The monoisotopic (exact) mass is 400 g/mol. The number of aromatic nitrogens is 1. The Hall–Kier alpha value is -2.96. The zero-order valence-corrected chi connectivity index (χ0v) is 17.6. The summed E-state index contributed by atoms with van der Waals surface area (Å²) < 4.78 is 12.6. The minimum atomic E-state index is -0.970. The maximum Gasteiger partial charge on any atom is 0.410 e. The van der Waals surface area contributed by atoms with E-state index in [0.717, 1.165) is 11.1 Å². The van der Waals surface area contributed by atoms with Crippen LogP contribution in [0.3, 0.4) is 0 Å². The second kappa shape index (κ2) is 7.81. The fourth-order valence-electron chi connectivity index (χ4n) is 3.60. The van der Waals surface area contributed by atoms with Crippen LogP contribution in [0, 0.1) is 0 Å². The summed E-state index contributed by atoms with van der Waals surface area (Å²) in [6.45, 7) is 6.66. The van der Waals surface area contributed by atoms with Crippen molar-refractivity contribution in [2.45, 2.75) is 39.2 Å². The first kappa shape index (κ1) is 20.8. The van der Waals surface area contributed by atoms with Gasteiger partial charge in [0.1, 0.15) is 11.4 Å². The number of carbonyl (C=O) groups excluding carboxylic acids is 1. The molecule has 0 saturated carbocycles. The number of amides is 1. The van der Waals surface area contributed by atoms with Gasteiger partial charge < -0.3 is 24.0 Å². The molecule has 1 N–H and O–H groups in total. The quantitative estimate of drug-likeness (QED) is 0.831. The van der Waals surface area contributed by atoms with Gasteiger partial charge in [-0.15, -0.1) is 0 Å². The van der Waals surface area contributed by atoms with Crippen molar-refractivity contribution in [3.8, 4) is 5.75 Å². The molecule has 0 unspecified atom stereocenters. The average molecular weight is 400 g/mol. The Balaban J connectivity index is 1.88. The number of hydrogen-bond acceptors (Lipinski definition) is 4. The summed E-state index contributed by atoms with van der Waals surface area (Å²) in [4.78, 5) is 26.0. The standard InChI is InChI=1S/C22H28N2O5/c1-22(2,3)29-21(27)24-10-8-14(9-11-24)12-18-19(20(25)26)16-13-15(28-5)6-7-17(16)23(18)4/h6-7,12-13H,8-11H2,1-5H3,(H,25,26). The molecule has 2 aromatic rings. The van der Waals surface area contributed by atoms with Crippen LogP contribution in [0.1, 0.15) is 49.7 Å². The molecule has 156 valence electrons. The lowest BCUT2D eigenvalue weighted by atomic mass is 10.0. The number of piperidine rings is 1. The zero-order chi connectivity index (χ0) is 21.3. The molecule has 7 heteroatoms. The lowest BCUT2D eigenvalue weighted by Gasteiger charge is -2.31. The van der Waals surface area contributed by atoms with E-state index in [9.17, 15) is 14.7 Å². The molecule has 1 aromatic heterocycles. The van der Waals surface area contributed by atoms with Crippen LogP contribution >= 0.6 is 0 Å². The van der Waals surface area contributed by atoms with E-state index in [2.05, 4.69) is 0 Å². The number of aryl methyl sites for hydroxylation is 1. The second-order valence-corrected chi connectivity index (χ2v) is 8.28. The topological polar surface area (TPSA) is 81.0 Å². The van der Waals surface area contributed by atoms with Gasteiger partial charge in [-0.25, -0.2) is 9.59 Å². The maximum atomic E-state index is 12.2. The van der Waals surface area contributed by atoms with Crippen LogP contribution in [0.2, 0.25) is 0 Å². The predicted octanol–water partition coefficient (Wildman–Crippen LogP) is 4.30. The number of hydrogen-bond donors (Lipinski definition) is 1. The first-order valence-electron chi connectivity index (χ1n) is 9.68. The van der Waals surface area contributed by atoms with E-state index in [1.54, 1.807) is 18.1 Å². The van der Waals surface area contributed by atoms with Crippen LogP contribution in [0.15, 0.2) is 23.8 Å². The lowest BCUT2D eigenvalue weighted by molar-refractivity contribution is 0.0236. The van der Waals surface area contributed by atoms with Crippen molar-refractivity contribution < 1.29 is 24.2 Å². The summed E-state index contributed by atoms with van der Waals surface area (Å²) in [5, 5.41) is 10.5. The van der Waals surface area contributed by atoms with Crippen LogP contribution in [0.5, 0.6) is 5.75 Å². The zero-order valence-electron chi connectivity index (χ0n) is 17.6. The molecule has 1 aromatic carbocycles. The van der Waals surface area contributed by atoms with Crippen molar-refractivity contribution in [1.82, 2.24) is 9.47 Å². The Morgan fingerprint density at radius 2 is 1.83 bits per heavy atom. The Kier molecular flexibility index (Phi) is 5.59. The molecule has 1 amide bonds. The molecule has 2 heterocycles. The fourth-order valence-corrected chi connectivity index (χ4v) is 3.60. The molecule has 0 spiro atoms. The Morgan fingerprint density at radius 1 is 1.17 bits per heavy atom. The Morgan fingerprint density at radius 3 is 2.38 bits per heavy atom. The van der Waals surface area contributed by atoms with Gasteiger partial charge in [0, 0.05) is 31.0 Å². The molecule has 0 radical (unpaired) electrons. The minimum absolute atomic E-state index is 0.267. The first-order valence-corrected chi connectivity index (χ1v) is 9.68. The van der Waals surface area contributed by atoms with Crippen molar-refractivity contribution >= 4 is 29.0 Å². The smallest absolute Gasteiger partial charge is 0.410 e. The van der Waals surface area contributed by atoms with Gasteiger partial charge in [-0.1, -0.05) is 5.57 Å². The second-order valence-electron chi connectivity index (χ2n) is 8.28. The van der Waals surface area contributed by atoms with Gasteiger partial charge in [0.05, 0.1) is 18.4 Å². The van der Waals surface area contributed by atoms with Gasteiger partial charge >= 0.3 is 12.1 Å². The first-order chi connectivity index (χ1) is 13.6. The van der Waals surface area contributed by atoms with Crippen molar-refractivity contribution in [2.75, 3.05) is 20.2 Å². The summed E-state index contributed by atoms with van der Waals surface area (Å²) >= 11 is 0. The van der Waals surface area contributed by atoms with E-state index < -0.39 is 11.6 Å². The van der Waals surface area contributed by atoms with Gasteiger partial charge in [-0.05, 0) is 57.9 Å². The van der Waals surface area contributed by atoms with E-state index >= 15 is 0 Å². The third-order valence-electron chi connectivity index (χ3n) is 5.06. The van der Waals surface area contributed by atoms with Gasteiger partial charge in [0.15, 0.2) is 0 Å². The highest BCUT2D eigenvalue weighted by Crippen LogP contribution is 2.31. The predicted molar refractivity (Wildman–Crippen MR) is 111 cm³/mol. The van der Waals surface area contributed by atoms with Crippen molar-refractivity contribution in [3.63, 3.8) is 0 Å². The van der Waals surface area contributed by atoms with Crippen LogP contribution < -0.4 is 4.74 Å². The molecule has 1 fully saturated rings. The number of likely N-dealkylation sites (tertiary alicyclic amines) is 1. The van der Waals surface area contributed by atoms with Crippen LogP contribution in [-0.2, 0) is 11.8 Å². The van der Waals surface area contributed by atoms with Gasteiger partial charge in [0.2, 0.25) is 0 Å². The number of benzene rings is 1. The number of fused-ring (bicyclic) bond motifs is 1. The van der Waals surface area contributed by atoms with E-state index in [1.165, 1.54) is 0 Å². The third kappa shape index (κ3) is 4.39. The number of carboxylic acid groups (broad SMARTS) is 1. The van der Waals surface area contributed by atoms with Crippen LogP contribution in [0.4, 0.5) is 4.79 Å². The molecule has 0 bridgehead atoms. The maximum absolute atomic E-state index is 12.2.